The SMILES string of the molecule is CCOC(=O)c1c(C)c(C(=O)N[C@@H](C)COC)c(C)n1C. The Balaban J connectivity index is 3.12. The molecule has 1 amide bonds. The summed E-state index contributed by atoms with van der Waals surface area (Å²) in [5.74, 6) is -0.620. The van der Waals surface area contributed by atoms with Crippen molar-refractivity contribution < 1.29 is 19.1 Å². The number of carbonyl (C=O) groups excluding carboxylic acids is 2. The normalized spacial score (nSPS) is 12.1. The summed E-state index contributed by atoms with van der Waals surface area (Å²) in [6.45, 7) is 7.92. The van der Waals surface area contributed by atoms with E-state index in [0.29, 0.717) is 30.0 Å². The molecule has 0 unspecified atom stereocenters. The highest BCUT2D eigenvalue weighted by Gasteiger charge is 2.26. The Kier molecular flexibility index (Phi) is 5.96. The van der Waals surface area contributed by atoms with Crippen molar-refractivity contribution in [2.75, 3.05) is 20.3 Å². The standard InChI is InChI=1S/C15H24N2O4/c1-7-21-15(19)13-10(3)12(11(4)17(13)5)14(18)16-9(2)8-20-6/h9H,7-8H2,1-6H3,(H,16,18)/t9-/m0/s1. The summed E-state index contributed by atoms with van der Waals surface area (Å²) >= 11 is 0. The molecule has 1 atom stereocenters. The van der Waals surface area contributed by atoms with E-state index in [1.54, 1.807) is 32.6 Å². The van der Waals surface area contributed by atoms with Crippen molar-refractivity contribution in [1.82, 2.24) is 9.88 Å². The van der Waals surface area contributed by atoms with E-state index in [4.69, 9.17) is 9.47 Å². The molecule has 0 aromatic carbocycles. The Hall–Kier alpha value is -1.82. The first-order valence-electron chi connectivity index (χ1n) is 6.97. The smallest absolute Gasteiger partial charge is 0.355 e. The largest absolute Gasteiger partial charge is 0.461 e. The minimum absolute atomic E-state index is 0.104. The van der Waals surface area contributed by atoms with Gasteiger partial charge < -0.3 is 19.4 Å². The first kappa shape index (κ1) is 17.2. The predicted octanol–water partition coefficient (Wildman–Crippen LogP) is 1.58. The fourth-order valence-electron chi connectivity index (χ4n) is 2.39. The lowest BCUT2D eigenvalue weighted by atomic mass is 10.1. The molecule has 1 heterocycles. The Morgan fingerprint density at radius 2 is 1.95 bits per heavy atom. The maximum atomic E-state index is 12.4. The van der Waals surface area contributed by atoms with Crippen LogP contribution in [-0.2, 0) is 16.5 Å². The predicted molar refractivity (Wildman–Crippen MR) is 79.6 cm³/mol. The number of nitrogens with zero attached hydrogens (tertiary/aromatic N) is 1. The molecule has 0 spiro atoms. The molecule has 0 aliphatic carbocycles. The molecule has 0 radical (unpaired) electrons. The molecule has 118 valence electrons. The van der Waals surface area contributed by atoms with Gasteiger partial charge in [0.25, 0.3) is 5.91 Å². The van der Waals surface area contributed by atoms with E-state index in [9.17, 15) is 9.59 Å². The first-order chi connectivity index (χ1) is 9.84. The zero-order chi connectivity index (χ0) is 16.2. The lowest BCUT2D eigenvalue weighted by molar-refractivity contribution is 0.0514. The summed E-state index contributed by atoms with van der Waals surface area (Å²) in [5.41, 5.74) is 2.30. The molecule has 0 saturated heterocycles. The quantitative estimate of drug-likeness (QED) is 0.809. The van der Waals surface area contributed by atoms with E-state index >= 15 is 0 Å². The van der Waals surface area contributed by atoms with Gasteiger partial charge in [-0.1, -0.05) is 0 Å². The zero-order valence-electron chi connectivity index (χ0n) is 13.6. The van der Waals surface area contributed by atoms with Gasteiger partial charge in [-0.05, 0) is 33.3 Å². The van der Waals surface area contributed by atoms with Gasteiger partial charge in [0.1, 0.15) is 5.69 Å². The van der Waals surface area contributed by atoms with E-state index < -0.39 is 5.97 Å². The zero-order valence-corrected chi connectivity index (χ0v) is 13.6. The molecule has 6 heteroatoms. The second-order valence-electron chi connectivity index (χ2n) is 5.04. The van der Waals surface area contributed by atoms with E-state index in [-0.39, 0.29) is 11.9 Å². The molecule has 21 heavy (non-hydrogen) atoms. The van der Waals surface area contributed by atoms with E-state index in [2.05, 4.69) is 5.32 Å². The van der Waals surface area contributed by atoms with Crippen LogP contribution in [0.3, 0.4) is 0 Å². The molecule has 1 rings (SSSR count). The maximum Gasteiger partial charge on any atom is 0.355 e. The van der Waals surface area contributed by atoms with Crippen LogP contribution >= 0.6 is 0 Å². The third kappa shape index (κ3) is 3.64. The van der Waals surface area contributed by atoms with Crippen molar-refractivity contribution in [1.29, 1.82) is 0 Å². The summed E-state index contributed by atoms with van der Waals surface area (Å²) in [6, 6.07) is -0.104. The summed E-state index contributed by atoms with van der Waals surface area (Å²) in [7, 11) is 3.34. The highest BCUT2D eigenvalue weighted by Crippen LogP contribution is 2.22. The second kappa shape index (κ2) is 7.26. The van der Waals surface area contributed by atoms with Crippen molar-refractivity contribution in [3.63, 3.8) is 0 Å². The van der Waals surface area contributed by atoms with Crippen molar-refractivity contribution in [2.45, 2.75) is 33.7 Å². The summed E-state index contributed by atoms with van der Waals surface area (Å²) in [4.78, 5) is 24.4. The fraction of sp³-hybridized carbons (Fsp3) is 0.600. The topological polar surface area (TPSA) is 69.6 Å². The van der Waals surface area contributed by atoms with Gasteiger partial charge in [-0.15, -0.1) is 0 Å². The van der Waals surface area contributed by atoms with Crippen molar-refractivity contribution in [3.05, 3.63) is 22.5 Å². The van der Waals surface area contributed by atoms with Crippen molar-refractivity contribution in [3.8, 4) is 0 Å². The summed E-state index contributed by atoms with van der Waals surface area (Å²) < 4.78 is 11.7. The number of esters is 1. The number of carbonyl (C=O) groups is 2. The van der Waals surface area contributed by atoms with Gasteiger partial charge >= 0.3 is 5.97 Å². The lowest BCUT2D eigenvalue weighted by Crippen LogP contribution is -2.36. The number of hydrogen-bond donors (Lipinski definition) is 1. The Labute approximate surface area is 125 Å². The Morgan fingerprint density at radius 3 is 2.48 bits per heavy atom. The van der Waals surface area contributed by atoms with E-state index in [0.717, 1.165) is 5.69 Å². The highest BCUT2D eigenvalue weighted by molar-refractivity contribution is 6.01. The second-order valence-corrected chi connectivity index (χ2v) is 5.04. The van der Waals surface area contributed by atoms with Crippen LogP contribution in [0.2, 0.25) is 0 Å². The average molecular weight is 296 g/mol. The van der Waals surface area contributed by atoms with Gasteiger partial charge in [0.15, 0.2) is 0 Å². The highest BCUT2D eigenvalue weighted by atomic mass is 16.5. The third-order valence-electron chi connectivity index (χ3n) is 3.42. The summed E-state index contributed by atoms with van der Waals surface area (Å²) in [5, 5.41) is 2.86. The molecular formula is C15H24N2O4. The number of amides is 1. The van der Waals surface area contributed by atoms with Crippen LogP contribution in [0.25, 0.3) is 0 Å². The minimum Gasteiger partial charge on any atom is -0.461 e. The molecule has 0 saturated carbocycles. The molecule has 1 aromatic rings. The van der Waals surface area contributed by atoms with Gasteiger partial charge in [-0.3, -0.25) is 4.79 Å². The van der Waals surface area contributed by atoms with Gasteiger partial charge in [-0.25, -0.2) is 4.79 Å². The van der Waals surface area contributed by atoms with Gasteiger partial charge in [0.2, 0.25) is 0 Å². The van der Waals surface area contributed by atoms with E-state index in [1.807, 2.05) is 13.8 Å². The molecular weight excluding hydrogens is 272 g/mol. The minimum atomic E-state index is -0.412. The van der Waals surface area contributed by atoms with Gasteiger partial charge in [-0.2, -0.15) is 0 Å². The summed E-state index contributed by atoms with van der Waals surface area (Å²) in [6.07, 6.45) is 0. The van der Waals surface area contributed by atoms with Gasteiger partial charge in [0, 0.05) is 25.9 Å². The number of hydrogen-bond acceptors (Lipinski definition) is 4. The molecule has 1 aromatic heterocycles. The van der Waals surface area contributed by atoms with Crippen LogP contribution in [0.1, 0.15) is 46.0 Å². The number of nitrogens with one attached hydrogen (secondary N) is 1. The molecule has 0 aliphatic rings. The Morgan fingerprint density at radius 1 is 1.33 bits per heavy atom. The Bertz CT molecular complexity index is 534. The molecule has 1 N–H and O–H groups in total. The van der Waals surface area contributed by atoms with Gasteiger partial charge in [0.05, 0.1) is 18.8 Å². The van der Waals surface area contributed by atoms with Crippen molar-refractivity contribution >= 4 is 11.9 Å². The van der Waals surface area contributed by atoms with Crippen molar-refractivity contribution in [2.24, 2.45) is 7.05 Å². The first-order valence-corrected chi connectivity index (χ1v) is 6.97. The van der Waals surface area contributed by atoms with Crippen LogP contribution < -0.4 is 5.32 Å². The van der Waals surface area contributed by atoms with Crippen LogP contribution in [-0.4, -0.2) is 42.8 Å². The van der Waals surface area contributed by atoms with Crippen LogP contribution in [0.5, 0.6) is 0 Å². The number of ether oxygens (including phenoxy) is 2. The van der Waals surface area contributed by atoms with Crippen LogP contribution in [0.15, 0.2) is 0 Å². The number of aromatic nitrogens is 1. The molecule has 0 fully saturated rings. The number of methoxy groups -OCH3 is 1. The molecule has 0 bridgehead atoms. The van der Waals surface area contributed by atoms with E-state index in [1.165, 1.54) is 0 Å². The monoisotopic (exact) mass is 296 g/mol. The molecule has 6 nitrogen and oxygen atoms in total. The van der Waals surface area contributed by atoms with Crippen LogP contribution in [0, 0.1) is 13.8 Å². The lowest BCUT2D eigenvalue weighted by Gasteiger charge is -2.13. The molecule has 0 aliphatic heterocycles. The van der Waals surface area contributed by atoms with Crippen LogP contribution in [0.4, 0.5) is 0 Å². The fourth-order valence-corrected chi connectivity index (χ4v) is 2.39. The average Bonchev–Trinajstić information content (AvgIpc) is 2.60. The number of rotatable bonds is 6. The third-order valence-corrected chi connectivity index (χ3v) is 3.42. The maximum absolute atomic E-state index is 12.4.